The van der Waals surface area contributed by atoms with Crippen molar-refractivity contribution in [1.82, 2.24) is 10.3 Å². The highest BCUT2D eigenvalue weighted by atomic mass is 16.6. The van der Waals surface area contributed by atoms with Crippen LogP contribution in [0, 0.1) is 0 Å². The molecule has 11 heteroatoms. The van der Waals surface area contributed by atoms with Crippen molar-refractivity contribution in [2.45, 2.75) is 90.0 Å². The molecule has 2 fully saturated rings. The Balaban J connectivity index is 1.52. The van der Waals surface area contributed by atoms with Crippen LogP contribution in [0.5, 0.6) is 17.2 Å². The second-order valence-electron chi connectivity index (χ2n) is 13.1. The molecule has 2 atom stereocenters. The van der Waals surface area contributed by atoms with E-state index in [-0.39, 0.29) is 37.8 Å². The van der Waals surface area contributed by atoms with Gasteiger partial charge in [-0.2, -0.15) is 0 Å². The van der Waals surface area contributed by atoms with Gasteiger partial charge in [-0.1, -0.05) is 0 Å². The summed E-state index contributed by atoms with van der Waals surface area (Å²) in [4.78, 5) is 33.3. The lowest BCUT2D eigenvalue weighted by Crippen LogP contribution is -2.40. The summed E-state index contributed by atoms with van der Waals surface area (Å²) in [5, 5.41) is 13.4. The van der Waals surface area contributed by atoms with Crippen molar-refractivity contribution < 1.29 is 38.4 Å². The van der Waals surface area contributed by atoms with E-state index < -0.39 is 17.7 Å². The van der Waals surface area contributed by atoms with E-state index in [0.29, 0.717) is 42.2 Å². The summed E-state index contributed by atoms with van der Waals surface area (Å²) in [6.07, 6.45) is 3.66. The van der Waals surface area contributed by atoms with Crippen LogP contribution in [0.4, 0.5) is 10.6 Å². The van der Waals surface area contributed by atoms with E-state index in [0.717, 1.165) is 47.1 Å². The summed E-state index contributed by atoms with van der Waals surface area (Å²) in [6.45, 7) is 8.32. The normalized spacial score (nSPS) is 17.8. The minimum Gasteiger partial charge on any atom is -0.497 e. The Labute approximate surface area is 276 Å². The van der Waals surface area contributed by atoms with Gasteiger partial charge in [-0.25, -0.2) is 14.6 Å². The van der Waals surface area contributed by atoms with Crippen LogP contribution in [0.1, 0.15) is 87.2 Å². The number of alkyl carbamates (subject to hydrolysis) is 1. The molecule has 5 rings (SSSR count). The number of aliphatic hydroxyl groups is 1. The van der Waals surface area contributed by atoms with Gasteiger partial charge in [0.15, 0.2) is 0 Å². The third-order valence-corrected chi connectivity index (χ3v) is 8.45. The minimum absolute atomic E-state index is 0.0634. The van der Waals surface area contributed by atoms with Crippen LogP contribution in [0.15, 0.2) is 36.4 Å². The van der Waals surface area contributed by atoms with Gasteiger partial charge in [-0.3, -0.25) is 0 Å². The van der Waals surface area contributed by atoms with E-state index in [2.05, 4.69) is 10.2 Å². The first kappa shape index (κ1) is 34.1. The fourth-order valence-corrected chi connectivity index (χ4v) is 6.17. The molecule has 1 saturated heterocycles. The Morgan fingerprint density at radius 1 is 1.09 bits per heavy atom. The SMILES string of the molecule is CCOC(=O)c1cc(C2CC2)c2nc(N3C[C@@H](NC(=O)OC(C)(C)C)CC3CCCO)ccc2c1OCc1ccc(OC)cc1OC. The summed E-state index contributed by atoms with van der Waals surface area (Å²) < 4.78 is 28.4. The molecule has 2 N–H and O–H groups in total. The zero-order valence-electron chi connectivity index (χ0n) is 28.3. The monoisotopic (exact) mass is 649 g/mol. The highest BCUT2D eigenvalue weighted by Crippen LogP contribution is 2.46. The molecule has 11 nitrogen and oxygen atoms in total. The fourth-order valence-electron chi connectivity index (χ4n) is 6.17. The maximum absolute atomic E-state index is 13.3. The molecule has 0 bridgehead atoms. The third kappa shape index (κ3) is 8.19. The number of pyridine rings is 1. The highest BCUT2D eigenvalue weighted by Gasteiger charge is 2.36. The molecule has 254 valence electrons. The van der Waals surface area contributed by atoms with Crippen molar-refractivity contribution in [3.63, 3.8) is 0 Å². The van der Waals surface area contributed by atoms with Gasteiger partial charge in [0.25, 0.3) is 0 Å². The lowest BCUT2D eigenvalue weighted by atomic mass is 9.99. The second-order valence-corrected chi connectivity index (χ2v) is 13.1. The number of hydrogen-bond acceptors (Lipinski definition) is 10. The number of fused-ring (bicyclic) bond motifs is 1. The summed E-state index contributed by atoms with van der Waals surface area (Å²) in [5.74, 6) is 2.28. The van der Waals surface area contributed by atoms with E-state index in [1.807, 2.05) is 51.1 Å². The molecule has 1 unspecified atom stereocenters. The van der Waals surface area contributed by atoms with Gasteiger partial charge >= 0.3 is 12.1 Å². The molecule has 47 heavy (non-hydrogen) atoms. The third-order valence-electron chi connectivity index (χ3n) is 8.45. The molecule has 2 aromatic carbocycles. The number of aliphatic hydroxyl groups excluding tert-OH is 1. The van der Waals surface area contributed by atoms with Crippen molar-refractivity contribution in [3.8, 4) is 17.2 Å². The molecule has 3 aromatic rings. The average Bonchev–Trinajstić information content (AvgIpc) is 3.81. The van der Waals surface area contributed by atoms with Crippen molar-refractivity contribution in [2.75, 3.05) is 38.9 Å². The van der Waals surface area contributed by atoms with E-state index >= 15 is 0 Å². The predicted octanol–water partition coefficient (Wildman–Crippen LogP) is 6.13. The molecule has 1 aliphatic carbocycles. The first-order chi connectivity index (χ1) is 22.5. The van der Waals surface area contributed by atoms with Crippen LogP contribution in [0.3, 0.4) is 0 Å². The quantitative estimate of drug-likeness (QED) is 0.209. The number of hydrogen-bond donors (Lipinski definition) is 2. The number of carbonyl (C=O) groups is 2. The molecule has 1 amide bonds. The van der Waals surface area contributed by atoms with Crippen molar-refractivity contribution >= 4 is 28.8 Å². The van der Waals surface area contributed by atoms with E-state index in [1.165, 1.54) is 0 Å². The van der Waals surface area contributed by atoms with Crippen LogP contribution < -0.4 is 24.4 Å². The van der Waals surface area contributed by atoms with Crippen LogP contribution in [0.25, 0.3) is 10.9 Å². The van der Waals surface area contributed by atoms with Gasteiger partial charge in [0.2, 0.25) is 0 Å². The highest BCUT2D eigenvalue weighted by molar-refractivity contribution is 6.02. The Bertz CT molecular complexity index is 1580. The maximum Gasteiger partial charge on any atom is 0.407 e. The summed E-state index contributed by atoms with van der Waals surface area (Å²) in [5.41, 5.74) is 2.33. The lowest BCUT2D eigenvalue weighted by Gasteiger charge is -2.26. The molecular formula is C36H47N3O8. The molecule has 2 heterocycles. The summed E-state index contributed by atoms with van der Waals surface area (Å²) >= 11 is 0. The molecule has 1 saturated carbocycles. The minimum atomic E-state index is -0.599. The topological polar surface area (TPSA) is 129 Å². The van der Waals surface area contributed by atoms with Gasteiger partial charge < -0.3 is 39.0 Å². The first-order valence-electron chi connectivity index (χ1n) is 16.4. The average molecular weight is 650 g/mol. The van der Waals surface area contributed by atoms with E-state index in [1.54, 1.807) is 27.2 Å². The molecule has 2 aliphatic rings. The number of ether oxygens (including phenoxy) is 5. The Kier molecular flexibility index (Phi) is 10.6. The smallest absolute Gasteiger partial charge is 0.407 e. The number of methoxy groups -OCH3 is 2. The number of rotatable bonds is 13. The Morgan fingerprint density at radius 3 is 2.53 bits per heavy atom. The molecule has 1 aromatic heterocycles. The number of aromatic nitrogens is 1. The van der Waals surface area contributed by atoms with Gasteiger partial charge in [-0.15, -0.1) is 0 Å². The molecule has 1 aliphatic heterocycles. The molecular weight excluding hydrogens is 602 g/mol. The predicted molar refractivity (Wildman–Crippen MR) is 179 cm³/mol. The number of nitrogens with one attached hydrogen (secondary N) is 1. The number of esters is 1. The number of nitrogens with zero attached hydrogens (tertiary/aromatic N) is 2. The van der Waals surface area contributed by atoms with Gasteiger partial charge in [0, 0.05) is 36.2 Å². The van der Waals surface area contributed by atoms with Crippen LogP contribution >= 0.6 is 0 Å². The maximum atomic E-state index is 13.3. The largest absolute Gasteiger partial charge is 0.497 e. The van der Waals surface area contributed by atoms with Gasteiger partial charge in [0.1, 0.15) is 40.8 Å². The Morgan fingerprint density at radius 2 is 1.87 bits per heavy atom. The van der Waals surface area contributed by atoms with Crippen molar-refractivity contribution in [3.05, 3.63) is 53.1 Å². The standard InChI is InChI=1S/C36H47N3O8/c1-7-45-34(41)29-19-28(22-10-11-22)32-27(33(29)46-21-23-12-13-26(43-5)18-30(23)44-6)14-15-31(38-32)39-20-24(17-25(39)9-8-16-40)37-35(42)47-36(2,3)4/h12-15,18-19,22,24-25,40H,7-11,16-17,20-21H2,1-6H3,(H,37,42)/t24-,25?/m0/s1. The van der Waals surface area contributed by atoms with Gasteiger partial charge in [0.05, 0.1) is 32.4 Å². The lowest BCUT2D eigenvalue weighted by molar-refractivity contribution is 0.0502. The number of carbonyl (C=O) groups excluding carboxylic acids is 2. The van der Waals surface area contributed by atoms with E-state index in [4.69, 9.17) is 28.7 Å². The van der Waals surface area contributed by atoms with Crippen LogP contribution in [0.2, 0.25) is 0 Å². The van der Waals surface area contributed by atoms with Gasteiger partial charge in [-0.05, 0) is 102 Å². The van der Waals surface area contributed by atoms with Crippen LogP contribution in [-0.4, -0.2) is 73.8 Å². The van der Waals surface area contributed by atoms with Crippen molar-refractivity contribution in [1.29, 1.82) is 0 Å². The molecule has 0 spiro atoms. The number of anilines is 1. The summed E-state index contributed by atoms with van der Waals surface area (Å²) in [7, 11) is 3.19. The zero-order valence-corrected chi connectivity index (χ0v) is 28.3. The van der Waals surface area contributed by atoms with Crippen LogP contribution in [-0.2, 0) is 16.1 Å². The van der Waals surface area contributed by atoms with E-state index in [9.17, 15) is 14.7 Å². The number of benzene rings is 2. The Hall–Kier alpha value is -4.25. The first-order valence-corrected chi connectivity index (χ1v) is 16.4. The zero-order chi connectivity index (χ0) is 33.7. The fraction of sp³-hybridized carbons (Fsp3) is 0.528. The summed E-state index contributed by atoms with van der Waals surface area (Å²) in [6, 6.07) is 11.2. The second kappa shape index (κ2) is 14.7. The molecule has 0 radical (unpaired) electrons. The number of amides is 1. The van der Waals surface area contributed by atoms with Crippen molar-refractivity contribution in [2.24, 2.45) is 0 Å².